The smallest absolute Gasteiger partial charge is 0.416 e. The van der Waals surface area contributed by atoms with Crippen LogP contribution < -0.4 is 0 Å². The summed E-state index contributed by atoms with van der Waals surface area (Å²) in [5, 5.41) is 6.83. The number of H-pyrrole nitrogens is 1. The monoisotopic (exact) mass is 411 g/mol. The first kappa shape index (κ1) is 21.1. The van der Waals surface area contributed by atoms with E-state index in [0.29, 0.717) is 44.1 Å². The van der Waals surface area contributed by atoms with Gasteiger partial charge in [0.1, 0.15) is 11.4 Å². The van der Waals surface area contributed by atoms with Crippen LogP contribution in [0.2, 0.25) is 0 Å². The van der Waals surface area contributed by atoms with Gasteiger partial charge < -0.3 is 9.64 Å². The van der Waals surface area contributed by atoms with Gasteiger partial charge in [0.05, 0.1) is 12.1 Å². The number of nitrogens with one attached hydrogen (secondary N) is 1. The van der Waals surface area contributed by atoms with E-state index in [1.165, 1.54) is 6.07 Å². The van der Waals surface area contributed by atoms with E-state index in [-0.39, 0.29) is 11.9 Å². The molecule has 0 saturated carbocycles. The Hall–Kier alpha value is -2.62. The maximum absolute atomic E-state index is 12.9. The Bertz CT molecular complexity index is 852. The molecule has 1 N–H and O–H groups in total. The van der Waals surface area contributed by atoms with Gasteiger partial charge in [0.2, 0.25) is 0 Å². The number of hydrogen-bond acceptors (Lipinski definition) is 5. The number of benzene rings is 1. The topological polar surface area (TPSA) is 74.3 Å². The Morgan fingerprint density at radius 2 is 1.86 bits per heavy atom. The number of ether oxygens (including phenoxy) is 1. The van der Waals surface area contributed by atoms with Gasteiger partial charge in [-0.3, -0.25) is 10.00 Å². The summed E-state index contributed by atoms with van der Waals surface area (Å²) in [6, 6.07) is 4.93. The molecule has 1 saturated heterocycles. The lowest BCUT2D eigenvalue weighted by molar-refractivity contribution is -0.137. The summed E-state index contributed by atoms with van der Waals surface area (Å²) in [5.41, 5.74) is -0.967. The van der Waals surface area contributed by atoms with E-state index in [2.05, 4.69) is 20.1 Å². The predicted molar refractivity (Wildman–Crippen MR) is 99.9 cm³/mol. The molecule has 0 bridgehead atoms. The van der Waals surface area contributed by atoms with Crippen molar-refractivity contribution in [3.63, 3.8) is 0 Å². The highest BCUT2D eigenvalue weighted by atomic mass is 19.4. The first-order chi connectivity index (χ1) is 13.5. The van der Waals surface area contributed by atoms with Crippen LogP contribution in [0.5, 0.6) is 0 Å². The van der Waals surface area contributed by atoms with Gasteiger partial charge in [-0.05, 0) is 32.9 Å². The number of amides is 1. The van der Waals surface area contributed by atoms with Gasteiger partial charge >= 0.3 is 12.3 Å². The second kappa shape index (κ2) is 8.02. The molecule has 1 aliphatic heterocycles. The minimum absolute atomic E-state index is 0.221. The zero-order valence-corrected chi connectivity index (χ0v) is 16.6. The van der Waals surface area contributed by atoms with E-state index in [4.69, 9.17) is 4.74 Å². The van der Waals surface area contributed by atoms with E-state index in [9.17, 15) is 18.0 Å². The fraction of sp³-hybridized carbons (Fsp3) is 0.526. The van der Waals surface area contributed by atoms with Crippen molar-refractivity contribution < 1.29 is 22.7 Å². The van der Waals surface area contributed by atoms with Crippen LogP contribution in [-0.2, 0) is 17.5 Å². The maximum Gasteiger partial charge on any atom is 0.416 e. The van der Waals surface area contributed by atoms with Crippen molar-refractivity contribution >= 4 is 6.09 Å². The number of rotatable bonds is 3. The highest BCUT2D eigenvalue weighted by Crippen LogP contribution is 2.31. The van der Waals surface area contributed by atoms with Crippen LogP contribution in [0, 0.1) is 0 Å². The van der Waals surface area contributed by atoms with Crippen LogP contribution in [0.25, 0.3) is 11.4 Å². The first-order valence-corrected chi connectivity index (χ1v) is 9.30. The van der Waals surface area contributed by atoms with Crippen molar-refractivity contribution in [2.75, 3.05) is 26.2 Å². The minimum atomic E-state index is -4.41. The normalized spacial score (nSPS) is 16.1. The van der Waals surface area contributed by atoms with Crippen LogP contribution in [0.4, 0.5) is 18.0 Å². The zero-order chi connectivity index (χ0) is 21.2. The van der Waals surface area contributed by atoms with Crippen molar-refractivity contribution in [3.8, 4) is 11.4 Å². The van der Waals surface area contributed by atoms with Gasteiger partial charge in [0, 0.05) is 31.7 Å². The summed E-state index contributed by atoms with van der Waals surface area (Å²) in [5.74, 6) is 0.779. The lowest BCUT2D eigenvalue weighted by atomic mass is 10.1. The van der Waals surface area contributed by atoms with Gasteiger partial charge in [-0.2, -0.15) is 18.3 Å². The van der Waals surface area contributed by atoms with E-state index in [1.54, 1.807) is 11.0 Å². The molecule has 10 heteroatoms. The quantitative estimate of drug-likeness (QED) is 0.836. The van der Waals surface area contributed by atoms with Crippen molar-refractivity contribution in [1.82, 2.24) is 25.0 Å². The van der Waals surface area contributed by atoms with Gasteiger partial charge in [0.15, 0.2) is 5.82 Å². The van der Waals surface area contributed by atoms with Crippen LogP contribution >= 0.6 is 0 Å². The number of carbonyl (C=O) groups excluding carboxylic acids is 1. The van der Waals surface area contributed by atoms with Crippen molar-refractivity contribution in [2.24, 2.45) is 0 Å². The molecular formula is C19H24F3N5O2. The van der Waals surface area contributed by atoms with Gasteiger partial charge in [-0.15, -0.1) is 0 Å². The third-order valence-corrected chi connectivity index (χ3v) is 4.38. The standard InChI is InChI=1S/C19H24F3N5O2/c1-18(2,3)29-17(28)27-9-7-26(8-10-27)12-15-23-16(25-24-15)13-5-4-6-14(11-13)19(20,21)22/h4-6,11H,7-10,12H2,1-3H3,(H,23,24,25). The molecule has 7 nitrogen and oxygen atoms in total. The highest BCUT2D eigenvalue weighted by molar-refractivity contribution is 5.68. The number of nitrogens with zero attached hydrogens (tertiary/aromatic N) is 4. The van der Waals surface area contributed by atoms with Crippen molar-refractivity contribution in [1.29, 1.82) is 0 Å². The maximum atomic E-state index is 12.9. The molecule has 2 heterocycles. The highest BCUT2D eigenvalue weighted by Gasteiger charge is 2.31. The molecule has 3 rings (SSSR count). The second-order valence-electron chi connectivity index (χ2n) is 7.93. The van der Waals surface area contributed by atoms with Crippen molar-refractivity contribution in [2.45, 2.75) is 39.1 Å². The van der Waals surface area contributed by atoms with Crippen LogP contribution in [0.3, 0.4) is 0 Å². The SMILES string of the molecule is CC(C)(C)OC(=O)N1CCN(Cc2nc(-c3cccc(C(F)(F)F)c3)n[nH]2)CC1. The average Bonchev–Trinajstić information content (AvgIpc) is 3.09. The molecule has 158 valence electrons. The molecule has 0 radical (unpaired) electrons. The fourth-order valence-corrected chi connectivity index (χ4v) is 2.96. The molecule has 1 aromatic heterocycles. The third-order valence-electron chi connectivity index (χ3n) is 4.38. The number of alkyl halides is 3. The molecule has 1 aromatic carbocycles. The molecule has 1 fully saturated rings. The Morgan fingerprint density at radius 3 is 2.48 bits per heavy atom. The summed E-state index contributed by atoms with van der Waals surface area (Å²) in [4.78, 5) is 20.2. The average molecular weight is 411 g/mol. The predicted octanol–water partition coefficient (Wildman–Crippen LogP) is 3.54. The summed E-state index contributed by atoms with van der Waals surface area (Å²) >= 11 is 0. The number of hydrogen-bond donors (Lipinski definition) is 1. The summed E-state index contributed by atoms with van der Waals surface area (Å²) in [6.45, 7) is 8.28. The van der Waals surface area contributed by atoms with Gasteiger partial charge in [0.25, 0.3) is 0 Å². The fourth-order valence-electron chi connectivity index (χ4n) is 2.96. The molecule has 0 atom stereocenters. The zero-order valence-electron chi connectivity index (χ0n) is 16.6. The number of piperazine rings is 1. The number of halogens is 3. The molecule has 29 heavy (non-hydrogen) atoms. The number of aromatic amines is 1. The third kappa shape index (κ3) is 5.69. The lowest BCUT2D eigenvalue weighted by Gasteiger charge is -2.35. The lowest BCUT2D eigenvalue weighted by Crippen LogP contribution is -2.49. The van der Waals surface area contributed by atoms with E-state index in [0.717, 1.165) is 12.1 Å². The second-order valence-corrected chi connectivity index (χ2v) is 7.93. The molecular weight excluding hydrogens is 387 g/mol. The summed E-state index contributed by atoms with van der Waals surface area (Å²) in [7, 11) is 0. The molecule has 1 amide bonds. The van der Waals surface area contributed by atoms with Crippen LogP contribution in [-0.4, -0.2) is 62.9 Å². The molecule has 0 spiro atoms. The van der Waals surface area contributed by atoms with E-state index < -0.39 is 17.3 Å². The van der Waals surface area contributed by atoms with E-state index in [1.807, 2.05) is 20.8 Å². The molecule has 0 aliphatic carbocycles. The number of aromatic nitrogens is 3. The van der Waals surface area contributed by atoms with Crippen LogP contribution in [0.1, 0.15) is 32.2 Å². The largest absolute Gasteiger partial charge is 0.444 e. The van der Waals surface area contributed by atoms with Crippen LogP contribution in [0.15, 0.2) is 24.3 Å². The first-order valence-electron chi connectivity index (χ1n) is 9.30. The summed E-state index contributed by atoms with van der Waals surface area (Å²) in [6.07, 6.45) is -4.74. The summed E-state index contributed by atoms with van der Waals surface area (Å²) < 4.78 is 44.0. The Labute approximate surface area is 166 Å². The van der Waals surface area contributed by atoms with Crippen molar-refractivity contribution in [3.05, 3.63) is 35.7 Å². The Morgan fingerprint density at radius 1 is 1.17 bits per heavy atom. The Balaban J connectivity index is 1.57. The van der Waals surface area contributed by atoms with Gasteiger partial charge in [-0.1, -0.05) is 12.1 Å². The number of carbonyl (C=O) groups is 1. The minimum Gasteiger partial charge on any atom is -0.444 e. The van der Waals surface area contributed by atoms with E-state index >= 15 is 0 Å². The molecule has 0 unspecified atom stereocenters. The van der Waals surface area contributed by atoms with Gasteiger partial charge in [-0.25, -0.2) is 9.78 Å². The molecule has 1 aliphatic rings. The molecule has 2 aromatic rings. The Kier molecular flexibility index (Phi) is 5.83.